The molecule has 0 spiro atoms. The van der Waals surface area contributed by atoms with Gasteiger partial charge in [-0.2, -0.15) is 0 Å². The molecule has 122 valence electrons. The van der Waals surface area contributed by atoms with Crippen molar-refractivity contribution < 1.29 is 4.79 Å². The molecule has 0 unspecified atom stereocenters. The second kappa shape index (κ2) is 7.43. The second-order valence-corrected chi connectivity index (χ2v) is 7.29. The second-order valence-electron chi connectivity index (χ2n) is 5.79. The van der Waals surface area contributed by atoms with Gasteiger partial charge >= 0.3 is 0 Å². The van der Waals surface area contributed by atoms with Crippen molar-refractivity contribution in [2.24, 2.45) is 0 Å². The van der Waals surface area contributed by atoms with Crippen LogP contribution in [0.4, 0.5) is 0 Å². The molecule has 1 aliphatic rings. The third-order valence-electron chi connectivity index (χ3n) is 4.00. The lowest BCUT2D eigenvalue weighted by Crippen LogP contribution is -2.35. The van der Waals surface area contributed by atoms with E-state index in [1.165, 1.54) is 0 Å². The lowest BCUT2D eigenvalue weighted by Gasteiger charge is -2.21. The summed E-state index contributed by atoms with van der Waals surface area (Å²) in [5, 5.41) is 3.83. The summed E-state index contributed by atoms with van der Waals surface area (Å²) in [7, 11) is 0. The molecule has 4 nitrogen and oxygen atoms in total. The number of hydrogen-bond donors (Lipinski definition) is 0. The maximum Gasteiger partial charge on any atom is 0.253 e. The molecular formula is C17H20ClN3OS. The van der Waals surface area contributed by atoms with Crippen LogP contribution in [-0.2, 0) is 6.54 Å². The van der Waals surface area contributed by atoms with Crippen LogP contribution in [-0.4, -0.2) is 46.9 Å². The predicted octanol–water partition coefficient (Wildman–Crippen LogP) is 3.45. The van der Waals surface area contributed by atoms with E-state index in [1.54, 1.807) is 23.5 Å². The SMILES string of the molecule is Cc1nc(CN2CCCN(C(=O)c3cccc(Cl)c3)CC2)cs1. The van der Waals surface area contributed by atoms with E-state index >= 15 is 0 Å². The van der Waals surface area contributed by atoms with Gasteiger partial charge in [-0.05, 0) is 31.5 Å². The van der Waals surface area contributed by atoms with E-state index in [0.29, 0.717) is 10.6 Å². The molecule has 1 aromatic heterocycles. The Kier molecular flexibility index (Phi) is 5.30. The molecule has 0 aliphatic carbocycles. The van der Waals surface area contributed by atoms with Gasteiger partial charge in [0.2, 0.25) is 0 Å². The molecule has 3 rings (SSSR count). The first-order valence-electron chi connectivity index (χ1n) is 7.80. The van der Waals surface area contributed by atoms with Crippen molar-refractivity contribution in [3.05, 3.63) is 50.9 Å². The number of aromatic nitrogens is 1. The Morgan fingerprint density at radius 1 is 1.30 bits per heavy atom. The third-order valence-corrected chi connectivity index (χ3v) is 5.06. The van der Waals surface area contributed by atoms with Crippen LogP contribution in [0.25, 0.3) is 0 Å². The average molecular weight is 350 g/mol. The summed E-state index contributed by atoms with van der Waals surface area (Å²) in [6, 6.07) is 7.18. The molecular weight excluding hydrogens is 330 g/mol. The number of nitrogens with zero attached hydrogens (tertiary/aromatic N) is 3. The summed E-state index contributed by atoms with van der Waals surface area (Å²) < 4.78 is 0. The van der Waals surface area contributed by atoms with E-state index < -0.39 is 0 Å². The highest BCUT2D eigenvalue weighted by atomic mass is 35.5. The van der Waals surface area contributed by atoms with Gasteiger partial charge in [-0.3, -0.25) is 9.69 Å². The van der Waals surface area contributed by atoms with Crippen LogP contribution in [0.3, 0.4) is 0 Å². The Hall–Kier alpha value is -1.43. The zero-order chi connectivity index (χ0) is 16.2. The molecule has 6 heteroatoms. The first kappa shape index (κ1) is 16.4. The number of rotatable bonds is 3. The van der Waals surface area contributed by atoms with Crippen molar-refractivity contribution in [1.29, 1.82) is 0 Å². The first-order chi connectivity index (χ1) is 11.1. The lowest BCUT2D eigenvalue weighted by molar-refractivity contribution is 0.0761. The third kappa shape index (κ3) is 4.31. The summed E-state index contributed by atoms with van der Waals surface area (Å²) >= 11 is 7.68. The Morgan fingerprint density at radius 2 is 2.17 bits per heavy atom. The first-order valence-corrected chi connectivity index (χ1v) is 9.06. The molecule has 1 saturated heterocycles. The van der Waals surface area contributed by atoms with Gasteiger partial charge in [0.1, 0.15) is 0 Å². The minimum atomic E-state index is 0.0684. The summed E-state index contributed by atoms with van der Waals surface area (Å²) in [6.07, 6.45) is 0.982. The van der Waals surface area contributed by atoms with Crippen molar-refractivity contribution in [2.45, 2.75) is 19.9 Å². The fraction of sp³-hybridized carbons (Fsp3) is 0.412. The Balaban J connectivity index is 1.60. The molecule has 1 amide bonds. The van der Waals surface area contributed by atoms with Crippen molar-refractivity contribution in [3.63, 3.8) is 0 Å². The van der Waals surface area contributed by atoms with Crippen LogP contribution in [0.15, 0.2) is 29.6 Å². The van der Waals surface area contributed by atoms with E-state index in [1.807, 2.05) is 24.0 Å². The Morgan fingerprint density at radius 3 is 2.91 bits per heavy atom. The molecule has 0 saturated carbocycles. The van der Waals surface area contributed by atoms with Gasteiger partial charge in [0.15, 0.2) is 0 Å². The fourth-order valence-corrected chi connectivity index (χ4v) is 3.64. The van der Waals surface area contributed by atoms with Gasteiger partial charge < -0.3 is 4.90 Å². The molecule has 2 heterocycles. The number of hydrogen-bond acceptors (Lipinski definition) is 4. The Labute approximate surface area is 145 Å². The number of aryl methyl sites for hydroxylation is 1. The number of amides is 1. The average Bonchev–Trinajstić information content (AvgIpc) is 2.80. The monoisotopic (exact) mass is 349 g/mol. The van der Waals surface area contributed by atoms with E-state index in [9.17, 15) is 4.79 Å². The molecule has 0 N–H and O–H groups in total. The highest BCUT2D eigenvalue weighted by molar-refractivity contribution is 7.09. The number of thiazole rings is 1. The van der Waals surface area contributed by atoms with E-state index in [2.05, 4.69) is 15.3 Å². The normalized spacial score (nSPS) is 16.3. The van der Waals surface area contributed by atoms with Crippen molar-refractivity contribution in [2.75, 3.05) is 26.2 Å². The van der Waals surface area contributed by atoms with Gasteiger partial charge in [-0.15, -0.1) is 11.3 Å². The van der Waals surface area contributed by atoms with Crippen LogP contribution in [0.2, 0.25) is 5.02 Å². The number of carbonyl (C=O) groups excluding carboxylic acids is 1. The number of halogens is 1. The quantitative estimate of drug-likeness (QED) is 0.851. The fourth-order valence-electron chi connectivity index (χ4n) is 2.85. The van der Waals surface area contributed by atoms with E-state index in [-0.39, 0.29) is 5.91 Å². The van der Waals surface area contributed by atoms with Gasteiger partial charge in [0.25, 0.3) is 5.91 Å². The molecule has 0 atom stereocenters. The maximum absolute atomic E-state index is 12.6. The largest absolute Gasteiger partial charge is 0.337 e. The molecule has 1 fully saturated rings. The van der Waals surface area contributed by atoms with Crippen LogP contribution in [0.1, 0.15) is 27.5 Å². The standard InChI is InChI=1S/C17H20ClN3OS/c1-13-19-16(12-23-13)11-20-6-3-7-21(9-8-20)17(22)14-4-2-5-15(18)10-14/h2,4-5,10,12H,3,6-9,11H2,1H3. The summed E-state index contributed by atoms with van der Waals surface area (Å²) in [6.45, 7) is 6.30. The van der Waals surface area contributed by atoms with Gasteiger partial charge in [0, 0.05) is 48.7 Å². The smallest absolute Gasteiger partial charge is 0.253 e. The Bertz CT molecular complexity index is 688. The van der Waals surface area contributed by atoms with Crippen LogP contribution in [0.5, 0.6) is 0 Å². The summed E-state index contributed by atoms with van der Waals surface area (Å²) in [5.41, 5.74) is 1.79. The number of benzene rings is 1. The minimum absolute atomic E-state index is 0.0684. The number of carbonyl (C=O) groups is 1. The summed E-state index contributed by atoms with van der Waals surface area (Å²) in [4.78, 5) is 21.4. The van der Waals surface area contributed by atoms with E-state index in [4.69, 9.17) is 11.6 Å². The lowest BCUT2D eigenvalue weighted by atomic mass is 10.2. The zero-order valence-corrected chi connectivity index (χ0v) is 14.7. The van der Waals surface area contributed by atoms with Crippen LogP contribution < -0.4 is 0 Å². The molecule has 2 aromatic rings. The zero-order valence-electron chi connectivity index (χ0n) is 13.2. The molecule has 1 aromatic carbocycles. The highest BCUT2D eigenvalue weighted by Gasteiger charge is 2.20. The van der Waals surface area contributed by atoms with Gasteiger partial charge in [-0.1, -0.05) is 17.7 Å². The molecule has 0 radical (unpaired) electrons. The van der Waals surface area contributed by atoms with Crippen LogP contribution >= 0.6 is 22.9 Å². The summed E-state index contributed by atoms with van der Waals surface area (Å²) in [5.74, 6) is 0.0684. The minimum Gasteiger partial charge on any atom is -0.337 e. The molecule has 1 aliphatic heterocycles. The van der Waals surface area contributed by atoms with Gasteiger partial charge in [-0.25, -0.2) is 4.98 Å². The van der Waals surface area contributed by atoms with Crippen molar-refractivity contribution in [3.8, 4) is 0 Å². The van der Waals surface area contributed by atoms with Crippen molar-refractivity contribution in [1.82, 2.24) is 14.8 Å². The van der Waals surface area contributed by atoms with Gasteiger partial charge in [0.05, 0.1) is 10.7 Å². The predicted molar refractivity (Wildman–Crippen MR) is 94.1 cm³/mol. The van der Waals surface area contributed by atoms with E-state index in [0.717, 1.165) is 49.8 Å². The highest BCUT2D eigenvalue weighted by Crippen LogP contribution is 2.16. The maximum atomic E-state index is 12.6. The van der Waals surface area contributed by atoms with Crippen LogP contribution in [0, 0.1) is 6.92 Å². The molecule has 23 heavy (non-hydrogen) atoms. The van der Waals surface area contributed by atoms with Crippen molar-refractivity contribution >= 4 is 28.8 Å². The molecule has 0 bridgehead atoms. The topological polar surface area (TPSA) is 36.4 Å².